The summed E-state index contributed by atoms with van der Waals surface area (Å²) in [4.78, 5) is 12.2. The number of nitrogens with two attached hydrogens (primary N) is 1. The van der Waals surface area contributed by atoms with Crippen molar-refractivity contribution in [1.82, 2.24) is 5.32 Å². The fraction of sp³-hybridized carbons (Fsp3) is 0.500. The zero-order chi connectivity index (χ0) is 13.1. The molecule has 0 heterocycles. The van der Waals surface area contributed by atoms with Gasteiger partial charge in [-0.05, 0) is 43.5 Å². The highest BCUT2D eigenvalue weighted by Gasteiger charge is 2.24. The van der Waals surface area contributed by atoms with Crippen molar-refractivity contribution in [2.45, 2.75) is 44.7 Å². The topological polar surface area (TPSA) is 55.1 Å². The number of carbonyl (C=O) groups is 1. The van der Waals surface area contributed by atoms with Gasteiger partial charge in [-0.2, -0.15) is 0 Å². The molecule has 1 aromatic rings. The van der Waals surface area contributed by atoms with E-state index in [-0.39, 0.29) is 18.0 Å². The van der Waals surface area contributed by atoms with E-state index < -0.39 is 0 Å². The van der Waals surface area contributed by atoms with Gasteiger partial charge in [-0.3, -0.25) is 4.79 Å². The molecular formula is C14H19BrN2O. The Morgan fingerprint density at radius 1 is 1.39 bits per heavy atom. The Bertz CT molecular complexity index is 447. The van der Waals surface area contributed by atoms with Crippen LogP contribution >= 0.6 is 15.9 Å². The summed E-state index contributed by atoms with van der Waals surface area (Å²) in [5, 5.41) is 3.07. The molecule has 0 aromatic heterocycles. The van der Waals surface area contributed by atoms with Crippen LogP contribution in [0, 0.1) is 6.92 Å². The number of halogens is 1. The SMILES string of the molecule is Cc1cc(Br)ccc1C(=O)N[C@@H]1CCCC[C@H]1N. The summed E-state index contributed by atoms with van der Waals surface area (Å²) in [6.45, 7) is 1.94. The molecule has 0 bridgehead atoms. The fourth-order valence-corrected chi connectivity index (χ4v) is 2.94. The monoisotopic (exact) mass is 310 g/mol. The molecule has 1 fully saturated rings. The van der Waals surface area contributed by atoms with Crippen LogP contribution in [0.1, 0.15) is 41.6 Å². The molecule has 1 amide bonds. The maximum absolute atomic E-state index is 12.2. The zero-order valence-corrected chi connectivity index (χ0v) is 12.2. The Morgan fingerprint density at radius 2 is 2.11 bits per heavy atom. The zero-order valence-electron chi connectivity index (χ0n) is 10.6. The molecule has 0 spiro atoms. The molecule has 0 radical (unpaired) electrons. The van der Waals surface area contributed by atoms with Crippen molar-refractivity contribution in [2.75, 3.05) is 0 Å². The third-order valence-corrected chi connectivity index (χ3v) is 4.06. The summed E-state index contributed by atoms with van der Waals surface area (Å²) in [5.74, 6) is -0.0117. The van der Waals surface area contributed by atoms with Gasteiger partial charge in [0.05, 0.1) is 0 Å². The highest BCUT2D eigenvalue weighted by Crippen LogP contribution is 2.19. The second kappa shape index (κ2) is 5.85. The number of amides is 1. The Balaban J connectivity index is 2.07. The smallest absolute Gasteiger partial charge is 0.251 e. The second-order valence-electron chi connectivity index (χ2n) is 4.99. The minimum absolute atomic E-state index is 0.0117. The summed E-state index contributed by atoms with van der Waals surface area (Å²) < 4.78 is 0.992. The first kappa shape index (κ1) is 13.6. The highest BCUT2D eigenvalue weighted by molar-refractivity contribution is 9.10. The maximum atomic E-state index is 12.2. The van der Waals surface area contributed by atoms with Crippen LogP contribution in [0.4, 0.5) is 0 Å². The van der Waals surface area contributed by atoms with E-state index in [1.165, 1.54) is 6.42 Å². The summed E-state index contributed by atoms with van der Waals surface area (Å²) in [7, 11) is 0. The Hall–Kier alpha value is -0.870. The number of carbonyl (C=O) groups excluding carboxylic acids is 1. The van der Waals surface area contributed by atoms with E-state index in [9.17, 15) is 4.79 Å². The van der Waals surface area contributed by atoms with E-state index in [4.69, 9.17) is 5.73 Å². The van der Waals surface area contributed by atoms with Crippen LogP contribution in [0.25, 0.3) is 0 Å². The standard InChI is InChI=1S/C14H19BrN2O/c1-9-8-10(15)6-7-11(9)14(18)17-13-5-3-2-4-12(13)16/h6-8,12-13H,2-5,16H2,1H3,(H,17,18)/t12-,13-/m1/s1. The van der Waals surface area contributed by atoms with E-state index in [0.717, 1.165) is 34.9 Å². The molecule has 1 aromatic carbocycles. The number of benzene rings is 1. The summed E-state index contributed by atoms with van der Waals surface area (Å²) in [6.07, 6.45) is 4.32. The maximum Gasteiger partial charge on any atom is 0.251 e. The van der Waals surface area contributed by atoms with Crippen molar-refractivity contribution in [3.05, 3.63) is 33.8 Å². The average Bonchev–Trinajstić information content (AvgIpc) is 2.32. The normalized spacial score (nSPS) is 23.7. The first-order valence-electron chi connectivity index (χ1n) is 6.40. The average molecular weight is 311 g/mol. The van der Waals surface area contributed by atoms with Crippen molar-refractivity contribution in [3.63, 3.8) is 0 Å². The molecular weight excluding hydrogens is 292 g/mol. The molecule has 1 saturated carbocycles. The van der Waals surface area contributed by atoms with Crippen LogP contribution < -0.4 is 11.1 Å². The quantitative estimate of drug-likeness (QED) is 0.882. The number of hydrogen-bond donors (Lipinski definition) is 2. The summed E-state index contributed by atoms with van der Waals surface area (Å²) in [6, 6.07) is 5.91. The van der Waals surface area contributed by atoms with Gasteiger partial charge in [-0.1, -0.05) is 28.8 Å². The minimum Gasteiger partial charge on any atom is -0.348 e. The molecule has 3 N–H and O–H groups in total. The van der Waals surface area contributed by atoms with Crippen molar-refractivity contribution < 1.29 is 4.79 Å². The summed E-state index contributed by atoms with van der Waals surface area (Å²) in [5.41, 5.74) is 7.76. The van der Waals surface area contributed by atoms with Gasteiger partial charge in [0.2, 0.25) is 0 Å². The van der Waals surface area contributed by atoms with E-state index in [2.05, 4.69) is 21.2 Å². The lowest BCUT2D eigenvalue weighted by Gasteiger charge is -2.29. The molecule has 2 atom stereocenters. The van der Waals surface area contributed by atoms with Crippen molar-refractivity contribution in [3.8, 4) is 0 Å². The van der Waals surface area contributed by atoms with E-state index in [0.29, 0.717) is 0 Å². The van der Waals surface area contributed by atoms with Crippen molar-refractivity contribution in [2.24, 2.45) is 5.73 Å². The van der Waals surface area contributed by atoms with Gasteiger partial charge in [0.1, 0.15) is 0 Å². The number of aryl methyl sites for hydroxylation is 1. The largest absolute Gasteiger partial charge is 0.348 e. The lowest BCUT2D eigenvalue weighted by Crippen LogP contribution is -2.49. The predicted molar refractivity (Wildman–Crippen MR) is 76.6 cm³/mol. The van der Waals surface area contributed by atoms with Crippen LogP contribution in [0.3, 0.4) is 0 Å². The van der Waals surface area contributed by atoms with Crippen LogP contribution in [-0.4, -0.2) is 18.0 Å². The van der Waals surface area contributed by atoms with Gasteiger partial charge in [0, 0.05) is 22.1 Å². The molecule has 98 valence electrons. The molecule has 4 heteroatoms. The second-order valence-corrected chi connectivity index (χ2v) is 5.90. The molecule has 0 aliphatic heterocycles. The van der Waals surface area contributed by atoms with Gasteiger partial charge >= 0.3 is 0 Å². The number of hydrogen-bond acceptors (Lipinski definition) is 2. The van der Waals surface area contributed by atoms with E-state index >= 15 is 0 Å². The number of rotatable bonds is 2. The first-order chi connectivity index (χ1) is 8.58. The first-order valence-corrected chi connectivity index (χ1v) is 7.20. The highest BCUT2D eigenvalue weighted by atomic mass is 79.9. The van der Waals surface area contributed by atoms with E-state index in [1.54, 1.807) is 0 Å². The molecule has 3 nitrogen and oxygen atoms in total. The molecule has 0 saturated heterocycles. The molecule has 18 heavy (non-hydrogen) atoms. The molecule has 1 aliphatic carbocycles. The van der Waals surface area contributed by atoms with Crippen LogP contribution in [0.2, 0.25) is 0 Å². The summed E-state index contributed by atoms with van der Waals surface area (Å²) >= 11 is 3.40. The van der Waals surface area contributed by atoms with Gasteiger partial charge in [-0.25, -0.2) is 0 Å². The van der Waals surface area contributed by atoms with Crippen LogP contribution in [-0.2, 0) is 0 Å². The van der Waals surface area contributed by atoms with Crippen molar-refractivity contribution in [1.29, 1.82) is 0 Å². The van der Waals surface area contributed by atoms with Crippen LogP contribution in [0.5, 0.6) is 0 Å². The Kier molecular flexibility index (Phi) is 4.40. The minimum atomic E-state index is -0.0117. The lowest BCUT2D eigenvalue weighted by molar-refractivity contribution is 0.0920. The molecule has 2 rings (SSSR count). The van der Waals surface area contributed by atoms with Crippen molar-refractivity contribution >= 4 is 21.8 Å². The Morgan fingerprint density at radius 3 is 2.78 bits per heavy atom. The fourth-order valence-electron chi connectivity index (χ4n) is 2.47. The molecule has 1 aliphatic rings. The Labute approximate surface area is 116 Å². The molecule has 0 unspecified atom stereocenters. The van der Waals surface area contributed by atoms with Gasteiger partial charge in [0.15, 0.2) is 0 Å². The predicted octanol–water partition coefficient (Wildman–Crippen LogP) is 2.76. The number of nitrogens with one attached hydrogen (secondary N) is 1. The van der Waals surface area contributed by atoms with Gasteiger partial charge in [-0.15, -0.1) is 0 Å². The van der Waals surface area contributed by atoms with Crippen LogP contribution in [0.15, 0.2) is 22.7 Å². The van der Waals surface area contributed by atoms with Gasteiger partial charge < -0.3 is 11.1 Å². The van der Waals surface area contributed by atoms with Gasteiger partial charge in [0.25, 0.3) is 5.91 Å². The third kappa shape index (κ3) is 3.12. The lowest BCUT2D eigenvalue weighted by atomic mass is 9.90. The van der Waals surface area contributed by atoms with E-state index in [1.807, 2.05) is 25.1 Å². The third-order valence-electron chi connectivity index (χ3n) is 3.57.